The van der Waals surface area contributed by atoms with Crippen molar-refractivity contribution < 1.29 is 9.90 Å². The molecule has 0 atom stereocenters. The summed E-state index contributed by atoms with van der Waals surface area (Å²) in [4.78, 5) is 9.00. The molecule has 0 aromatic heterocycles. The number of hydrogen-bond acceptors (Lipinski definition) is 1. The molecule has 0 unspecified atom stereocenters. The first kappa shape index (κ1) is 13.2. The van der Waals surface area contributed by atoms with E-state index in [9.17, 15) is 0 Å². The molecule has 1 radical (unpaired) electrons. The first-order valence-electron chi connectivity index (χ1n) is 3.24. The third-order valence-corrected chi connectivity index (χ3v) is 8.73. The van der Waals surface area contributed by atoms with Crippen LogP contribution in [0.1, 0.15) is 20.8 Å². The molecule has 0 saturated carbocycles. The number of carboxylic acids is 1. The second kappa shape index (κ2) is 9.56. The van der Waals surface area contributed by atoms with Crippen molar-refractivity contribution in [3.05, 3.63) is 0 Å². The average Bonchev–Trinajstić information content (AvgIpc) is 1.85. The summed E-state index contributed by atoms with van der Waals surface area (Å²) in [5, 5.41) is 7.42. The molecule has 2 nitrogen and oxygen atoms in total. The summed E-state index contributed by atoms with van der Waals surface area (Å²) in [5.74, 6) is -0.833. The molecule has 1 N–H and O–H groups in total. The Balaban J connectivity index is 0. The van der Waals surface area contributed by atoms with E-state index in [0.717, 1.165) is 6.92 Å². The monoisotopic (exact) mass is 273 g/mol. The zero-order valence-electron chi connectivity index (χ0n) is 6.65. The van der Waals surface area contributed by atoms with Gasteiger partial charge in [-0.1, -0.05) is 0 Å². The summed E-state index contributed by atoms with van der Waals surface area (Å²) in [5.41, 5.74) is 0. The maximum atomic E-state index is 9.00. The van der Waals surface area contributed by atoms with Crippen LogP contribution in [0.4, 0.5) is 0 Å². The van der Waals surface area contributed by atoms with Crippen LogP contribution in [0.5, 0.6) is 0 Å². The van der Waals surface area contributed by atoms with Crippen LogP contribution >= 0.6 is 8.92 Å². The molecule has 4 heteroatoms. The standard InChI is InChI=1S/C2H4O2.2C2H5.ClH.Sn/c1-2(3)4;2*1-2;;/h1H3,(H,3,4);2*1H2,2H3;1H;/q;;;;+1/p-1. The predicted molar refractivity (Wildman–Crippen MR) is 45.9 cm³/mol. The normalized spacial score (nSPS) is 8.50. The fourth-order valence-electron chi connectivity index (χ4n) is 0.250. The van der Waals surface area contributed by atoms with Gasteiger partial charge in [-0.15, -0.1) is 0 Å². The van der Waals surface area contributed by atoms with Gasteiger partial charge >= 0.3 is 50.3 Å². The van der Waals surface area contributed by atoms with E-state index >= 15 is 0 Å². The van der Waals surface area contributed by atoms with Gasteiger partial charge in [0.2, 0.25) is 0 Å². The van der Waals surface area contributed by atoms with Crippen LogP contribution in [0, 0.1) is 0 Å². The summed E-state index contributed by atoms with van der Waals surface area (Å²) >= 11 is -1.14. The van der Waals surface area contributed by atoms with Crippen LogP contribution in [-0.2, 0) is 4.79 Å². The molecule has 10 heavy (non-hydrogen) atoms. The number of rotatable bonds is 2. The topological polar surface area (TPSA) is 37.3 Å². The molecular formula is C6H14ClO2Sn. The minimum atomic E-state index is -1.14. The van der Waals surface area contributed by atoms with Gasteiger partial charge in [0.1, 0.15) is 0 Å². The Morgan fingerprint density at radius 2 is 1.70 bits per heavy atom. The van der Waals surface area contributed by atoms with Crippen molar-refractivity contribution in [3.8, 4) is 0 Å². The van der Waals surface area contributed by atoms with E-state index in [2.05, 4.69) is 13.8 Å². The van der Waals surface area contributed by atoms with Crippen LogP contribution in [0.15, 0.2) is 0 Å². The quantitative estimate of drug-likeness (QED) is 0.783. The summed E-state index contributed by atoms with van der Waals surface area (Å²) in [6, 6.07) is 0. The first-order valence-corrected chi connectivity index (χ1v) is 10.9. The Morgan fingerprint density at radius 3 is 1.70 bits per heavy atom. The molecule has 0 aromatic rings. The number of hydrogen-bond donors (Lipinski definition) is 1. The molecule has 0 aliphatic rings. The van der Waals surface area contributed by atoms with Gasteiger partial charge in [-0.25, -0.2) is 0 Å². The molecule has 0 heterocycles. The van der Waals surface area contributed by atoms with Crippen LogP contribution in [0.2, 0.25) is 8.87 Å². The fraction of sp³-hybridized carbons (Fsp3) is 0.833. The van der Waals surface area contributed by atoms with Crippen molar-refractivity contribution >= 4 is 33.5 Å². The molecule has 0 amide bonds. The molecule has 0 bridgehead atoms. The SMILES string of the molecule is CC(=O)O.C[CH2][Sn]([Cl])[CH2]C. The van der Waals surface area contributed by atoms with Gasteiger partial charge in [-0.2, -0.15) is 0 Å². The molecule has 0 aliphatic heterocycles. The number of halogens is 1. The number of carbonyl (C=O) groups is 1. The van der Waals surface area contributed by atoms with E-state index in [0.29, 0.717) is 0 Å². The van der Waals surface area contributed by atoms with Gasteiger partial charge < -0.3 is 5.11 Å². The van der Waals surface area contributed by atoms with Gasteiger partial charge in [0, 0.05) is 6.92 Å². The van der Waals surface area contributed by atoms with Gasteiger partial charge in [-0.3, -0.25) is 4.79 Å². The third kappa shape index (κ3) is 23.5. The predicted octanol–water partition coefficient (Wildman–Crippen LogP) is 2.35. The molecular weight excluding hydrogens is 258 g/mol. The van der Waals surface area contributed by atoms with E-state index in [-0.39, 0.29) is 0 Å². The summed E-state index contributed by atoms with van der Waals surface area (Å²) in [6.45, 7) is 5.45. The van der Waals surface area contributed by atoms with Crippen LogP contribution < -0.4 is 0 Å². The molecule has 0 spiro atoms. The van der Waals surface area contributed by atoms with Crippen molar-refractivity contribution in [1.29, 1.82) is 0 Å². The van der Waals surface area contributed by atoms with Crippen LogP contribution in [-0.4, -0.2) is 29.7 Å². The maximum absolute atomic E-state index is 9.00. The Morgan fingerprint density at radius 1 is 1.50 bits per heavy atom. The fourth-order valence-corrected chi connectivity index (χ4v) is 1.68. The van der Waals surface area contributed by atoms with E-state index in [1.807, 2.05) is 0 Å². The average molecular weight is 272 g/mol. The van der Waals surface area contributed by atoms with E-state index < -0.39 is 24.6 Å². The van der Waals surface area contributed by atoms with Crippen LogP contribution in [0.25, 0.3) is 0 Å². The summed E-state index contributed by atoms with van der Waals surface area (Å²) < 4.78 is 2.58. The van der Waals surface area contributed by atoms with Crippen molar-refractivity contribution in [3.63, 3.8) is 0 Å². The van der Waals surface area contributed by atoms with Gasteiger partial charge in [0.15, 0.2) is 0 Å². The van der Waals surface area contributed by atoms with Gasteiger partial charge in [0.05, 0.1) is 0 Å². The van der Waals surface area contributed by atoms with E-state index in [4.69, 9.17) is 18.8 Å². The Labute approximate surface area is 73.0 Å². The molecule has 0 aromatic carbocycles. The Bertz CT molecular complexity index is 79.8. The van der Waals surface area contributed by atoms with Crippen molar-refractivity contribution in [1.82, 2.24) is 0 Å². The Hall–Kier alpha value is 0.559. The molecule has 0 rings (SSSR count). The Kier molecular flexibility index (Phi) is 12.6. The van der Waals surface area contributed by atoms with Crippen molar-refractivity contribution in [2.75, 3.05) is 0 Å². The van der Waals surface area contributed by atoms with Crippen LogP contribution in [0.3, 0.4) is 0 Å². The summed E-state index contributed by atoms with van der Waals surface area (Å²) in [6.07, 6.45) is 0. The second-order valence-electron chi connectivity index (χ2n) is 1.74. The van der Waals surface area contributed by atoms with E-state index in [1.54, 1.807) is 0 Å². The molecule has 0 aliphatic carbocycles. The third-order valence-electron chi connectivity index (χ3n) is 0.767. The molecule has 0 saturated heterocycles. The first-order chi connectivity index (χ1) is 4.54. The zero-order chi connectivity index (χ0) is 8.57. The van der Waals surface area contributed by atoms with E-state index in [1.165, 1.54) is 8.87 Å². The number of carboxylic acid groups (broad SMARTS) is 1. The van der Waals surface area contributed by atoms with Gasteiger partial charge in [-0.05, 0) is 0 Å². The minimum absolute atomic E-state index is 0.833. The molecule has 0 fully saturated rings. The molecule has 61 valence electrons. The van der Waals surface area contributed by atoms with Gasteiger partial charge in [0.25, 0.3) is 5.97 Å². The second-order valence-corrected chi connectivity index (χ2v) is 12.3. The van der Waals surface area contributed by atoms with Crippen molar-refractivity contribution in [2.24, 2.45) is 0 Å². The zero-order valence-corrected chi connectivity index (χ0v) is 10.3. The van der Waals surface area contributed by atoms with Crippen molar-refractivity contribution in [2.45, 2.75) is 29.6 Å². The summed E-state index contributed by atoms with van der Waals surface area (Å²) in [7, 11) is 5.85. The number of aliphatic carboxylic acids is 1.